The second-order valence-electron chi connectivity index (χ2n) is 8.81. The van der Waals surface area contributed by atoms with E-state index in [-0.39, 0.29) is 29.9 Å². The van der Waals surface area contributed by atoms with Crippen molar-refractivity contribution in [1.82, 2.24) is 14.7 Å². The van der Waals surface area contributed by atoms with Crippen molar-refractivity contribution in [2.75, 3.05) is 54.1 Å². The number of piperidine rings is 1. The van der Waals surface area contributed by atoms with Gasteiger partial charge in [0.1, 0.15) is 11.5 Å². The predicted molar refractivity (Wildman–Crippen MR) is 116 cm³/mol. The van der Waals surface area contributed by atoms with Crippen LogP contribution in [-0.2, 0) is 16.0 Å². The molecule has 4 rings (SSSR count). The lowest BCUT2D eigenvalue weighted by Crippen LogP contribution is -2.57. The summed E-state index contributed by atoms with van der Waals surface area (Å²) in [6.07, 6.45) is 3.67. The molecule has 1 spiro atoms. The van der Waals surface area contributed by atoms with E-state index in [1.807, 2.05) is 35.0 Å². The largest absolute Gasteiger partial charge is 0.497 e. The molecule has 8 nitrogen and oxygen atoms in total. The van der Waals surface area contributed by atoms with Crippen molar-refractivity contribution in [3.8, 4) is 11.5 Å². The SMILES string of the molecule is COc1ccc(OC)c(CC(=O)N2CCC(N3C(=O)N(C)CC34CCOCC4)CC2)c1. The van der Waals surface area contributed by atoms with Crippen molar-refractivity contribution < 1.29 is 23.8 Å². The van der Waals surface area contributed by atoms with Crippen LogP contribution in [0.4, 0.5) is 4.79 Å². The van der Waals surface area contributed by atoms with Gasteiger partial charge < -0.3 is 28.9 Å². The van der Waals surface area contributed by atoms with Crippen LogP contribution in [0.3, 0.4) is 0 Å². The lowest BCUT2D eigenvalue weighted by atomic mass is 9.86. The maximum atomic E-state index is 13.0. The molecular formula is C23H33N3O5. The van der Waals surface area contributed by atoms with E-state index in [0.29, 0.717) is 37.8 Å². The summed E-state index contributed by atoms with van der Waals surface area (Å²) in [5, 5.41) is 0. The van der Waals surface area contributed by atoms with Crippen LogP contribution in [0.5, 0.6) is 11.5 Å². The Kier molecular flexibility index (Phi) is 6.27. The first kappa shape index (κ1) is 21.7. The van der Waals surface area contributed by atoms with Crippen molar-refractivity contribution in [1.29, 1.82) is 0 Å². The van der Waals surface area contributed by atoms with Gasteiger partial charge in [0.05, 0.1) is 26.2 Å². The monoisotopic (exact) mass is 431 g/mol. The van der Waals surface area contributed by atoms with Crippen LogP contribution in [0.2, 0.25) is 0 Å². The first-order valence-corrected chi connectivity index (χ1v) is 11.1. The van der Waals surface area contributed by atoms with Gasteiger partial charge in [-0.1, -0.05) is 0 Å². The normalized spacial score (nSPS) is 21.6. The highest BCUT2D eigenvalue weighted by Gasteiger charge is 2.52. The van der Waals surface area contributed by atoms with E-state index in [0.717, 1.165) is 37.8 Å². The number of hydrogen-bond donors (Lipinski definition) is 0. The molecule has 1 aromatic rings. The molecule has 0 radical (unpaired) electrons. The zero-order valence-corrected chi connectivity index (χ0v) is 18.8. The van der Waals surface area contributed by atoms with E-state index in [4.69, 9.17) is 14.2 Å². The summed E-state index contributed by atoms with van der Waals surface area (Å²) >= 11 is 0. The molecule has 3 amide bonds. The van der Waals surface area contributed by atoms with Crippen LogP contribution in [0.15, 0.2) is 18.2 Å². The third-order valence-corrected chi connectivity index (χ3v) is 7.01. The van der Waals surface area contributed by atoms with Gasteiger partial charge in [0, 0.05) is 51.5 Å². The van der Waals surface area contributed by atoms with Gasteiger partial charge in [-0.25, -0.2) is 4.79 Å². The highest BCUT2D eigenvalue weighted by atomic mass is 16.5. The lowest BCUT2D eigenvalue weighted by Gasteiger charge is -2.46. The number of nitrogens with zero attached hydrogens (tertiary/aromatic N) is 3. The molecule has 0 aromatic heterocycles. The molecule has 170 valence electrons. The van der Waals surface area contributed by atoms with Crippen LogP contribution >= 0.6 is 0 Å². The molecule has 0 saturated carbocycles. The minimum Gasteiger partial charge on any atom is -0.497 e. The Balaban J connectivity index is 1.40. The quantitative estimate of drug-likeness (QED) is 0.715. The minimum atomic E-state index is -0.116. The van der Waals surface area contributed by atoms with E-state index < -0.39 is 0 Å². The first-order chi connectivity index (χ1) is 15.0. The molecule has 3 aliphatic rings. The number of carbonyl (C=O) groups excluding carboxylic acids is 2. The summed E-state index contributed by atoms with van der Waals surface area (Å²) in [5.74, 6) is 1.48. The Labute approximate surface area is 184 Å². The smallest absolute Gasteiger partial charge is 0.320 e. The molecule has 0 unspecified atom stereocenters. The Bertz CT molecular complexity index is 815. The maximum absolute atomic E-state index is 13.0. The summed E-state index contributed by atoms with van der Waals surface area (Å²) in [4.78, 5) is 31.9. The number of benzene rings is 1. The molecule has 0 N–H and O–H groups in total. The van der Waals surface area contributed by atoms with Crippen molar-refractivity contribution in [3.05, 3.63) is 23.8 Å². The third-order valence-electron chi connectivity index (χ3n) is 7.01. The zero-order chi connectivity index (χ0) is 22.0. The average molecular weight is 432 g/mol. The number of amides is 3. The lowest BCUT2D eigenvalue weighted by molar-refractivity contribution is -0.132. The molecule has 8 heteroatoms. The Morgan fingerprint density at radius 1 is 1.16 bits per heavy atom. The molecule has 3 saturated heterocycles. The number of likely N-dealkylation sites (N-methyl/N-ethyl adjacent to an activating group) is 1. The molecule has 0 aliphatic carbocycles. The maximum Gasteiger partial charge on any atom is 0.320 e. The van der Waals surface area contributed by atoms with Crippen LogP contribution in [0.1, 0.15) is 31.2 Å². The molecule has 0 bridgehead atoms. The second-order valence-corrected chi connectivity index (χ2v) is 8.81. The topological polar surface area (TPSA) is 71.6 Å². The van der Waals surface area contributed by atoms with Gasteiger partial charge in [-0.05, 0) is 43.9 Å². The third kappa shape index (κ3) is 4.18. The molecule has 3 aliphatic heterocycles. The molecular weight excluding hydrogens is 398 g/mol. The van der Waals surface area contributed by atoms with Crippen molar-refractivity contribution in [2.45, 2.75) is 43.7 Å². The van der Waals surface area contributed by atoms with E-state index in [9.17, 15) is 9.59 Å². The fraction of sp³-hybridized carbons (Fsp3) is 0.652. The Hall–Kier alpha value is -2.48. The second kappa shape index (κ2) is 8.94. The van der Waals surface area contributed by atoms with E-state index in [1.54, 1.807) is 14.2 Å². The van der Waals surface area contributed by atoms with Crippen LogP contribution in [0.25, 0.3) is 0 Å². The van der Waals surface area contributed by atoms with E-state index >= 15 is 0 Å². The first-order valence-electron chi connectivity index (χ1n) is 11.1. The van der Waals surface area contributed by atoms with E-state index in [1.165, 1.54) is 0 Å². The molecule has 3 fully saturated rings. The van der Waals surface area contributed by atoms with Crippen LogP contribution < -0.4 is 9.47 Å². The standard InChI is InChI=1S/C23H33N3O5/c1-24-16-23(8-12-31-13-9-23)26(22(24)28)18-6-10-25(11-7-18)21(27)15-17-14-19(29-2)4-5-20(17)30-3/h4-5,14,18H,6-13,15-16H2,1-3H3. The number of urea groups is 1. The van der Waals surface area contributed by atoms with Crippen molar-refractivity contribution in [2.24, 2.45) is 0 Å². The van der Waals surface area contributed by atoms with Gasteiger partial charge in [0.2, 0.25) is 5.91 Å². The summed E-state index contributed by atoms with van der Waals surface area (Å²) < 4.78 is 16.3. The zero-order valence-electron chi connectivity index (χ0n) is 18.8. The molecule has 0 atom stereocenters. The summed E-state index contributed by atoms with van der Waals surface area (Å²) in [6.45, 7) is 3.50. The fourth-order valence-electron chi connectivity index (χ4n) is 5.33. The van der Waals surface area contributed by atoms with Gasteiger partial charge >= 0.3 is 6.03 Å². The van der Waals surface area contributed by atoms with Crippen molar-refractivity contribution >= 4 is 11.9 Å². The van der Waals surface area contributed by atoms with Gasteiger partial charge in [0.15, 0.2) is 0 Å². The number of likely N-dealkylation sites (tertiary alicyclic amines) is 1. The number of ether oxygens (including phenoxy) is 3. The number of carbonyl (C=O) groups is 2. The van der Waals surface area contributed by atoms with Gasteiger partial charge in [-0.2, -0.15) is 0 Å². The summed E-state index contributed by atoms with van der Waals surface area (Å²) in [7, 11) is 5.11. The Morgan fingerprint density at radius 3 is 2.52 bits per heavy atom. The number of hydrogen-bond acceptors (Lipinski definition) is 5. The molecule has 3 heterocycles. The number of methoxy groups -OCH3 is 2. The van der Waals surface area contributed by atoms with Gasteiger partial charge in [-0.15, -0.1) is 0 Å². The van der Waals surface area contributed by atoms with E-state index in [2.05, 4.69) is 4.90 Å². The van der Waals surface area contributed by atoms with Crippen LogP contribution in [-0.4, -0.2) is 92.3 Å². The predicted octanol–water partition coefficient (Wildman–Crippen LogP) is 2.15. The summed E-state index contributed by atoms with van der Waals surface area (Å²) in [5.41, 5.74) is 0.709. The Morgan fingerprint density at radius 2 is 1.87 bits per heavy atom. The molecule has 31 heavy (non-hydrogen) atoms. The van der Waals surface area contributed by atoms with Gasteiger partial charge in [0.25, 0.3) is 0 Å². The average Bonchev–Trinajstić information content (AvgIpc) is 3.03. The highest BCUT2D eigenvalue weighted by molar-refractivity contribution is 5.80. The van der Waals surface area contributed by atoms with Crippen molar-refractivity contribution in [3.63, 3.8) is 0 Å². The molecule has 1 aromatic carbocycles. The van der Waals surface area contributed by atoms with Gasteiger partial charge in [-0.3, -0.25) is 4.79 Å². The fourth-order valence-corrected chi connectivity index (χ4v) is 5.33. The number of rotatable bonds is 5. The highest BCUT2D eigenvalue weighted by Crippen LogP contribution is 2.38. The summed E-state index contributed by atoms with van der Waals surface area (Å²) in [6, 6.07) is 5.81. The minimum absolute atomic E-state index is 0.0793. The van der Waals surface area contributed by atoms with Crippen LogP contribution in [0, 0.1) is 0 Å².